The van der Waals surface area contributed by atoms with Gasteiger partial charge in [-0.25, -0.2) is 4.98 Å². The molecule has 5 rings (SSSR count). The summed E-state index contributed by atoms with van der Waals surface area (Å²) in [6.45, 7) is 2.05. The summed E-state index contributed by atoms with van der Waals surface area (Å²) in [5.74, 6) is 1.37. The molecule has 0 fully saturated rings. The molecule has 0 aliphatic heterocycles. The van der Waals surface area contributed by atoms with Gasteiger partial charge in [0.15, 0.2) is 0 Å². The zero-order valence-electron chi connectivity index (χ0n) is 15.5. The van der Waals surface area contributed by atoms with Crippen molar-refractivity contribution in [1.29, 1.82) is 0 Å². The smallest absolute Gasteiger partial charge is 0.277 e. The zero-order chi connectivity index (χ0) is 20.7. The van der Waals surface area contributed by atoms with Gasteiger partial charge >= 0.3 is 0 Å². The predicted octanol–water partition coefficient (Wildman–Crippen LogP) is 6.02. The predicted molar refractivity (Wildman–Crippen MR) is 123 cm³/mol. The summed E-state index contributed by atoms with van der Waals surface area (Å²) >= 11 is 10.5. The maximum absolute atomic E-state index is 12.7. The van der Waals surface area contributed by atoms with E-state index in [1.54, 1.807) is 23.5 Å². The third-order valence-electron chi connectivity index (χ3n) is 4.31. The Morgan fingerprint density at radius 2 is 2.13 bits per heavy atom. The molecule has 1 aromatic carbocycles. The molecule has 0 amide bonds. The monoisotopic (exact) mass is 472 g/mol. The second-order valence-corrected chi connectivity index (χ2v) is 9.93. The van der Waals surface area contributed by atoms with Crippen molar-refractivity contribution in [1.82, 2.24) is 20.2 Å². The third kappa shape index (κ3) is 3.81. The lowest BCUT2D eigenvalue weighted by Gasteiger charge is -2.00. The van der Waals surface area contributed by atoms with E-state index in [1.807, 2.05) is 23.6 Å². The lowest BCUT2D eigenvalue weighted by molar-refractivity contribution is 0.465. The van der Waals surface area contributed by atoms with E-state index in [9.17, 15) is 4.79 Å². The molecule has 10 heteroatoms. The fourth-order valence-electron chi connectivity index (χ4n) is 2.96. The van der Waals surface area contributed by atoms with Gasteiger partial charge in [0.1, 0.15) is 10.7 Å². The number of hydrogen-bond donors (Lipinski definition) is 1. The molecule has 0 bridgehead atoms. The number of halogens is 1. The summed E-state index contributed by atoms with van der Waals surface area (Å²) in [6, 6.07) is 11.3. The van der Waals surface area contributed by atoms with Crippen LogP contribution in [0.2, 0.25) is 5.02 Å². The van der Waals surface area contributed by atoms with Crippen molar-refractivity contribution < 1.29 is 4.42 Å². The van der Waals surface area contributed by atoms with E-state index < -0.39 is 0 Å². The molecule has 0 radical (unpaired) electrons. The molecule has 4 heterocycles. The van der Waals surface area contributed by atoms with Crippen LogP contribution in [0.5, 0.6) is 0 Å². The van der Waals surface area contributed by atoms with E-state index in [0.717, 1.165) is 20.8 Å². The van der Waals surface area contributed by atoms with Crippen molar-refractivity contribution >= 4 is 56.3 Å². The summed E-state index contributed by atoms with van der Waals surface area (Å²) in [5, 5.41) is 11.7. The molecule has 4 aromatic heterocycles. The number of nitrogens with zero attached hydrogens (tertiary/aromatic N) is 3. The van der Waals surface area contributed by atoms with Gasteiger partial charge in [0.2, 0.25) is 5.89 Å². The first kappa shape index (κ1) is 19.5. The van der Waals surface area contributed by atoms with Crippen molar-refractivity contribution in [2.24, 2.45) is 0 Å². The van der Waals surface area contributed by atoms with Crippen molar-refractivity contribution in [3.63, 3.8) is 0 Å². The first-order chi connectivity index (χ1) is 14.6. The van der Waals surface area contributed by atoms with Crippen molar-refractivity contribution in [3.8, 4) is 21.9 Å². The Morgan fingerprint density at radius 1 is 1.23 bits per heavy atom. The normalized spacial score (nSPS) is 11.4. The number of thiophene rings is 2. The van der Waals surface area contributed by atoms with Crippen LogP contribution in [0.4, 0.5) is 0 Å². The summed E-state index contributed by atoms with van der Waals surface area (Å²) in [6.07, 6.45) is 0. The number of thioether (sulfide) groups is 1. The Hall–Kier alpha value is -2.46. The van der Waals surface area contributed by atoms with Crippen LogP contribution in [0.1, 0.15) is 10.7 Å². The fourth-order valence-corrected chi connectivity index (χ4v) is 5.70. The Balaban J connectivity index is 1.37. The molecule has 6 nitrogen and oxygen atoms in total. The molecule has 0 aliphatic rings. The minimum atomic E-state index is -0.136. The molecular formula is C20H13ClN4O2S3. The molecule has 1 N–H and O–H groups in total. The summed E-state index contributed by atoms with van der Waals surface area (Å²) in [7, 11) is 0. The van der Waals surface area contributed by atoms with E-state index in [4.69, 9.17) is 16.0 Å². The summed E-state index contributed by atoms with van der Waals surface area (Å²) in [4.78, 5) is 23.2. The van der Waals surface area contributed by atoms with Crippen LogP contribution in [-0.2, 0) is 5.75 Å². The van der Waals surface area contributed by atoms with Gasteiger partial charge in [-0.3, -0.25) is 4.79 Å². The number of rotatable bonds is 5. The van der Waals surface area contributed by atoms with Gasteiger partial charge in [-0.15, -0.1) is 32.9 Å². The Labute approximate surface area is 188 Å². The molecule has 0 atom stereocenters. The van der Waals surface area contributed by atoms with E-state index in [-0.39, 0.29) is 5.56 Å². The van der Waals surface area contributed by atoms with Crippen LogP contribution in [0.3, 0.4) is 0 Å². The van der Waals surface area contributed by atoms with Crippen LogP contribution < -0.4 is 5.56 Å². The lowest BCUT2D eigenvalue weighted by atomic mass is 10.2. The van der Waals surface area contributed by atoms with Crippen LogP contribution in [-0.4, -0.2) is 20.2 Å². The van der Waals surface area contributed by atoms with Gasteiger partial charge in [-0.05, 0) is 37.3 Å². The maximum atomic E-state index is 12.7. The van der Waals surface area contributed by atoms with E-state index in [2.05, 4.69) is 33.2 Å². The molecule has 0 spiro atoms. The van der Waals surface area contributed by atoms with Crippen LogP contribution in [0.15, 0.2) is 56.2 Å². The molecule has 150 valence electrons. The number of H-pyrrole nitrogens is 1. The van der Waals surface area contributed by atoms with Crippen LogP contribution >= 0.6 is 46.0 Å². The molecule has 0 aliphatic carbocycles. The molecule has 0 saturated carbocycles. The SMILES string of the molecule is Cc1ccc(-c2csc3nc(CSc4nnc(-c5cccc(Cl)c5)o4)[nH]c(=O)c23)s1. The number of aromatic nitrogens is 4. The quantitative estimate of drug-likeness (QED) is 0.315. The Bertz CT molecular complexity index is 1420. The van der Waals surface area contributed by atoms with E-state index >= 15 is 0 Å². The topological polar surface area (TPSA) is 84.7 Å². The largest absolute Gasteiger partial charge is 0.411 e. The Kier molecular flexibility index (Phi) is 5.20. The molecule has 0 saturated heterocycles. The molecule has 0 unspecified atom stereocenters. The Morgan fingerprint density at radius 3 is 2.93 bits per heavy atom. The fraction of sp³-hybridized carbons (Fsp3) is 0.100. The van der Waals surface area contributed by atoms with Gasteiger partial charge in [-0.2, -0.15) is 0 Å². The highest BCUT2D eigenvalue weighted by molar-refractivity contribution is 7.98. The second kappa shape index (κ2) is 7.99. The highest BCUT2D eigenvalue weighted by Crippen LogP contribution is 2.35. The highest BCUT2D eigenvalue weighted by atomic mass is 35.5. The van der Waals surface area contributed by atoms with Crippen LogP contribution in [0, 0.1) is 6.92 Å². The number of fused-ring (bicyclic) bond motifs is 1. The van der Waals surface area contributed by atoms with Crippen molar-refractivity contribution in [2.45, 2.75) is 17.9 Å². The zero-order valence-corrected chi connectivity index (χ0v) is 18.7. The highest BCUT2D eigenvalue weighted by Gasteiger charge is 2.15. The van der Waals surface area contributed by atoms with E-state index in [1.165, 1.54) is 28.0 Å². The number of aromatic amines is 1. The number of nitrogens with one attached hydrogen (secondary N) is 1. The minimum absolute atomic E-state index is 0.136. The number of hydrogen-bond acceptors (Lipinski definition) is 8. The number of benzene rings is 1. The van der Waals surface area contributed by atoms with Gasteiger partial charge in [0.05, 0.1) is 11.1 Å². The van der Waals surface area contributed by atoms with E-state index in [0.29, 0.717) is 33.1 Å². The maximum Gasteiger partial charge on any atom is 0.277 e. The average Bonchev–Trinajstić information content (AvgIpc) is 3.45. The first-order valence-corrected chi connectivity index (χ1v) is 11.9. The van der Waals surface area contributed by atoms with Gasteiger partial charge in [-0.1, -0.05) is 29.4 Å². The minimum Gasteiger partial charge on any atom is -0.411 e. The second-order valence-electron chi connectivity index (χ2n) is 6.42. The molecular weight excluding hydrogens is 460 g/mol. The first-order valence-electron chi connectivity index (χ1n) is 8.86. The summed E-state index contributed by atoms with van der Waals surface area (Å²) in [5.41, 5.74) is 1.55. The lowest BCUT2D eigenvalue weighted by Crippen LogP contribution is -2.10. The number of aryl methyl sites for hydroxylation is 1. The van der Waals surface area contributed by atoms with Crippen molar-refractivity contribution in [2.75, 3.05) is 0 Å². The molecule has 5 aromatic rings. The van der Waals surface area contributed by atoms with Crippen molar-refractivity contribution in [3.05, 3.63) is 67.9 Å². The van der Waals surface area contributed by atoms with Gasteiger partial charge < -0.3 is 9.40 Å². The average molecular weight is 473 g/mol. The van der Waals surface area contributed by atoms with Crippen LogP contribution in [0.25, 0.3) is 32.1 Å². The summed E-state index contributed by atoms with van der Waals surface area (Å²) < 4.78 is 5.69. The standard InChI is InChI=1S/C20H13ClN4O2S3/c1-10-5-6-14(30-10)13-8-28-19-16(13)17(26)22-15(23-19)9-29-20-25-24-18(27-20)11-3-2-4-12(21)7-11/h2-8H,9H2,1H3,(H,22,23,26). The molecule has 30 heavy (non-hydrogen) atoms. The van der Waals surface area contributed by atoms with Gasteiger partial charge in [0.25, 0.3) is 10.8 Å². The third-order valence-corrected chi connectivity index (χ3v) is 7.28. The van der Waals surface area contributed by atoms with Gasteiger partial charge in [0, 0.05) is 31.3 Å².